The summed E-state index contributed by atoms with van der Waals surface area (Å²) >= 11 is 5.03. The van der Waals surface area contributed by atoms with Gasteiger partial charge in [0, 0.05) is 29.0 Å². The Hall–Kier alpha value is -0.310. The molecule has 5 nitrogen and oxygen atoms in total. The van der Waals surface area contributed by atoms with E-state index < -0.39 is 10.0 Å². The topological polar surface area (TPSA) is 71.1 Å². The fourth-order valence-corrected chi connectivity index (χ4v) is 5.39. The zero-order valence-corrected chi connectivity index (χ0v) is 15.4. The van der Waals surface area contributed by atoms with E-state index in [0.29, 0.717) is 16.8 Å². The number of sulfonamides is 1. The Morgan fingerprint density at radius 3 is 2.67 bits per heavy atom. The molecule has 0 aromatic carbocycles. The van der Waals surface area contributed by atoms with Crippen molar-refractivity contribution in [2.45, 2.75) is 35.3 Å². The van der Waals surface area contributed by atoms with Gasteiger partial charge in [-0.15, -0.1) is 0 Å². The second kappa shape index (κ2) is 6.85. The molecule has 1 saturated carbocycles. The predicted octanol–water partition coefficient (Wildman–Crippen LogP) is 2.84. The Balaban J connectivity index is 2.20. The molecule has 0 radical (unpaired) electrons. The number of rotatable bonds is 6. The zero-order valence-electron chi connectivity index (χ0n) is 12.1. The maximum absolute atomic E-state index is 12.6. The molecule has 0 amide bonds. The van der Waals surface area contributed by atoms with Gasteiger partial charge >= 0.3 is 0 Å². The Kier molecular flexibility index (Phi) is 5.56. The summed E-state index contributed by atoms with van der Waals surface area (Å²) in [4.78, 5) is 4.27. The fraction of sp³-hybridized carbons (Fsp3) is 0.615. The lowest BCUT2D eigenvalue weighted by Crippen LogP contribution is -2.38. The lowest BCUT2D eigenvalue weighted by atomic mass is 10.1. The summed E-state index contributed by atoms with van der Waals surface area (Å²) in [6.07, 6.45) is 8.09. The van der Waals surface area contributed by atoms with Crippen LogP contribution in [0.3, 0.4) is 0 Å². The minimum absolute atomic E-state index is 0.0340. The van der Waals surface area contributed by atoms with Crippen LogP contribution in [-0.4, -0.2) is 38.0 Å². The van der Waals surface area contributed by atoms with Crippen molar-refractivity contribution in [3.8, 4) is 0 Å². The van der Waals surface area contributed by atoms with Gasteiger partial charge in [0.25, 0.3) is 0 Å². The van der Waals surface area contributed by atoms with Crippen LogP contribution in [0.5, 0.6) is 0 Å². The molecule has 2 rings (SSSR count). The van der Waals surface area contributed by atoms with Gasteiger partial charge in [-0.3, -0.25) is 0 Å². The van der Waals surface area contributed by atoms with Crippen LogP contribution in [0, 0.1) is 0 Å². The minimum Gasteiger partial charge on any atom is -0.372 e. The van der Waals surface area contributed by atoms with E-state index >= 15 is 0 Å². The summed E-state index contributed by atoms with van der Waals surface area (Å²) in [7, 11) is -1.92. The van der Waals surface area contributed by atoms with Gasteiger partial charge in [-0.25, -0.2) is 18.1 Å². The van der Waals surface area contributed by atoms with Crippen molar-refractivity contribution in [2.75, 3.05) is 25.2 Å². The number of nitrogens with one attached hydrogen (secondary N) is 2. The maximum atomic E-state index is 12.6. The second-order valence-electron chi connectivity index (χ2n) is 5.17. The highest BCUT2D eigenvalue weighted by atomic mass is 79.9. The van der Waals surface area contributed by atoms with E-state index in [-0.39, 0.29) is 9.64 Å². The van der Waals surface area contributed by atoms with Crippen molar-refractivity contribution in [3.63, 3.8) is 0 Å². The monoisotopic (exact) mass is 393 g/mol. The fourth-order valence-electron chi connectivity index (χ4n) is 2.59. The van der Waals surface area contributed by atoms with Gasteiger partial charge in [0.2, 0.25) is 10.0 Å². The van der Waals surface area contributed by atoms with Crippen molar-refractivity contribution in [1.82, 2.24) is 9.71 Å². The standard InChI is InChI=1S/C13H20BrN3O2S2/c1-15-12-11(7-10(14)8-16-12)21(18,19)17-9-13(20-2)5-3-4-6-13/h7-8,17H,3-6,9H2,1-2H3,(H,15,16). The quantitative estimate of drug-likeness (QED) is 0.777. The number of aromatic nitrogens is 1. The molecular weight excluding hydrogens is 374 g/mol. The zero-order chi connectivity index (χ0) is 15.5. The van der Waals surface area contributed by atoms with Crippen LogP contribution in [-0.2, 0) is 10.0 Å². The number of hydrogen-bond acceptors (Lipinski definition) is 5. The lowest BCUT2D eigenvalue weighted by molar-refractivity contribution is 0.551. The molecule has 0 saturated heterocycles. The van der Waals surface area contributed by atoms with Crippen LogP contribution in [0.1, 0.15) is 25.7 Å². The second-order valence-corrected chi connectivity index (χ2v) is 9.09. The lowest BCUT2D eigenvalue weighted by Gasteiger charge is -2.27. The number of hydrogen-bond donors (Lipinski definition) is 2. The molecule has 1 aromatic rings. The van der Waals surface area contributed by atoms with Crippen LogP contribution in [0.25, 0.3) is 0 Å². The predicted molar refractivity (Wildman–Crippen MR) is 91.4 cm³/mol. The number of nitrogens with zero attached hydrogens (tertiary/aromatic N) is 1. The third-order valence-corrected chi connectivity index (χ3v) is 7.14. The molecule has 1 aliphatic carbocycles. The average molecular weight is 394 g/mol. The van der Waals surface area contributed by atoms with Crippen LogP contribution < -0.4 is 10.0 Å². The van der Waals surface area contributed by atoms with Crippen LogP contribution in [0.2, 0.25) is 0 Å². The highest BCUT2D eigenvalue weighted by Crippen LogP contribution is 2.40. The molecule has 0 spiro atoms. The SMILES string of the molecule is CNc1ncc(Br)cc1S(=O)(=O)NCC1(SC)CCCC1. The first-order chi connectivity index (χ1) is 9.92. The van der Waals surface area contributed by atoms with E-state index in [9.17, 15) is 8.42 Å². The summed E-state index contributed by atoms with van der Waals surface area (Å²) in [5.41, 5.74) is 0. The minimum atomic E-state index is -3.58. The molecule has 0 bridgehead atoms. The van der Waals surface area contributed by atoms with Crippen molar-refractivity contribution >= 4 is 43.5 Å². The van der Waals surface area contributed by atoms with Crippen molar-refractivity contribution < 1.29 is 8.42 Å². The molecule has 118 valence electrons. The maximum Gasteiger partial charge on any atom is 0.244 e. The normalized spacial score (nSPS) is 17.9. The number of halogens is 1. The Labute approximate surface area is 138 Å². The molecule has 1 aliphatic rings. The summed E-state index contributed by atoms with van der Waals surface area (Å²) < 4.78 is 28.6. The first-order valence-corrected chi connectivity index (χ1v) is 10.3. The highest BCUT2D eigenvalue weighted by Gasteiger charge is 2.34. The number of pyridine rings is 1. The summed E-state index contributed by atoms with van der Waals surface area (Å²) in [6.45, 7) is 0.464. The molecular formula is C13H20BrN3O2S2. The van der Waals surface area contributed by atoms with Crippen molar-refractivity contribution in [1.29, 1.82) is 0 Å². The van der Waals surface area contributed by atoms with Gasteiger partial charge in [0.1, 0.15) is 10.7 Å². The molecule has 0 atom stereocenters. The molecule has 8 heteroatoms. The van der Waals surface area contributed by atoms with Gasteiger partial charge in [-0.1, -0.05) is 12.8 Å². The number of anilines is 1. The van der Waals surface area contributed by atoms with Gasteiger partial charge < -0.3 is 5.32 Å². The molecule has 1 heterocycles. The molecule has 0 aliphatic heterocycles. The Morgan fingerprint density at radius 2 is 2.10 bits per heavy atom. The third-order valence-electron chi connectivity index (χ3n) is 3.88. The summed E-state index contributed by atoms with van der Waals surface area (Å²) in [6, 6.07) is 1.57. The van der Waals surface area contributed by atoms with Gasteiger partial charge in [0.15, 0.2) is 0 Å². The first kappa shape index (κ1) is 17.1. The molecule has 1 fully saturated rings. The van der Waals surface area contributed by atoms with E-state index in [0.717, 1.165) is 12.8 Å². The average Bonchev–Trinajstić information content (AvgIpc) is 2.95. The molecule has 1 aromatic heterocycles. The summed E-state index contributed by atoms with van der Waals surface area (Å²) in [5.74, 6) is 0.357. The van der Waals surface area contributed by atoms with E-state index in [2.05, 4.69) is 37.2 Å². The molecule has 21 heavy (non-hydrogen) atoms. The van der Waals surface area contributed by atoms with Crippen molar-refractivity contribution in [3.05, 3.63) is 16.7 Å². The smallest absolute Gasteiger partial charge is 0.244 e. The van der Waals surface area contributed by atoms with E-state index in [1.165, 1.54) is 12.8 Å². The van der Waals surface area contributed by atoms with Crippen molar-refractivity contribution in [2.24, 2.45) is 0 Å². The Morgan fingerprint density at radius 1 is 1.43 bits per heavy atom. The first-order valence-electron chi connectivity index (χ1n) is 6.80. The summed E-state index contributed by atoms with van der Waals surface area (Å²) in [5, 5.41) is 2.82. The third kappa shape index (κ3) is 3.91. The van der Waals surface area contributed by atoms with E-state index in [1.807, 2.05) is 0 Å². The van der Waals surface area contributed by atoms with Crippen LogP contribution in [0.4, 0.5) is 5.82 Å². The molecule has 2 N–H and O–H groups in total. The van der Waals surface area contributed by atoms with Crippen LogP contribution in [0.15, 0.2) is 21.6 Å². The van der Waals surface area contributed by atoms with Gasteiger partial charge in [-0.05, 0) is 41.1 Å². The number of thioether (sulfide) groups is 1. The molecule has 0 unspecified atom stereocenters. The van der Waals surface area contributed by atoms with E-state index in [4.69, 9.17) is 0 Å². The van der Waals surface area contributed by atoms with E-state index in [1.54, 1.807) is 31.1 Å². The highest BCUT2D eigenvalue weighted by molar-refractivity contribution is 9.10. The largest absolute Gasteiger partial charge is 0.372 e. The van der Waals surface area contributed by atoms with Gasteiger partial charge in [-0.2, -0.15) is 11.8 Å². The van der Waals surface area contributed by atoms with Gasteiger partial charge in [0.05, 0.1) is 0 Å². The van der Waals surface area contributed by atoms with Crippen LogP contribution >= 0.6 is 27.7 Å². The Bertz CT molecular complexity index is 601.